The van der Waals surface area contributed by atoms with Gasteiger partial charge in [-0.25, -0.2) is 9.97 Å². The van der Waals surface area contributed by atoms with Crippen LogP contribution >= 0.6 is 0 Å². The van der Waals surface area contributed by atoms with Gasteiger partial charge in [0, 0.05) is 49.8 Å². The van der Waals surface area contributed by atoms with Crippen LogP contribution in [-0.4, -0.2) is 53.1 Å². The Kier molecular flexibility index (Phi) is 6.15. The highest BCUT2D eigenvalue weighted by Gasteiger charge is 2.49. The highest BCUT2D eigenvalue weighted by Crippen LogP contribution is 2.42. The zero-order valence-electron chi connectivity index (χ0n) is 16.8. The molecule has 2 fully saturated rings. The number of hydrogen-bond acceptors (Lipinski definition) is 4. The van der Waals surface area contributed by atoms with E-state index in [2.05, 4.69) is 14.9 Å². The summed E-state index contributed by atoms with van der Waals surface area (Å²) in [5.74, 6) is -0.924. The third kappa shape index (κ3) is 4.58. The lowest BCUT2D eigenvalue weighted by Gasteiger charge is -2.40. The molecule has 2 aliphatic rings. The number of aromatic nitrogens is 2. The van der Waals surface area contributed by atoms with Crippen LogP contribution in [0.1, 0.15) is 57.0 Å². The van der Waals surface area contributed by atoms with Gasteiger partial charge in [0.05, 0.1) is 5.92 Å². The van der Waals surface area contributed by atoms with E-state index in [1.165, 1.54) is 0 Å². The molecule has 0 aromatic carbocycles. The second kappa shape index (κ2) is 8.25. The van der Waals surface area contributed by atoms with Gasteiger partial charge in [-0.1, -0.05) is 26.7 Å². The first kappa shape index (κ1) is 20.9. The van der Waals surface area contributed by atoms with Gasteiger partial charge in [-0.2, -0.15) is 13.2 Å². The Balaban J connectivity index is 1.66. The number of alkyl halides is 3. The number of amides is 1. The first-order chi connectivity index (χ1) is 13.2. The van der Waals surface area contributed by atoms with E-state index in [0.29, 0.717) is 45.4 Å². The van der Waals surface area contributed by atoms with Crippen molar-refractivity contribution in [2.45, 2.75) is 58.5 Å². The summed E-state index contributed by atoms with van der Waals surface area (Å²) in [6, 6.07) is 1.92. The van der Waals surface area contributed by atoms with Crippen molar-refractivity contribution < 1.29 is 18.0 Å². The molecule has 1 saturated heterocycles. The number of hydrogen-bond donors (Lipinski definition) is 0. The summed E-state index contributed by atoms with van der Waals surface area (Å²) in [7, 11) is 0. The molecule has 0 spiro atoms. The predicted octanol–water partition coefficient (Wildman–Crippen LogP) is 3.93. The molecule has 3 rings (SSSR count). The van der Waals surface area contributed by atoms with Crippen molar-refractivity contribution in [1.82, 2.24) is 14.9 Å². The maximum Gasteiger partial charge on any atom is 0.392 e. The third-order valence-corrected chi connectivity index (χ3v) is 5.79. The van der Waals surface area contributed by atoms with Crippen molar-refractivity contribution in [3.05, 3.63) is 17.6 Å². The van der Waals surface area contributed by atoms with Gasteiger partial charge in [0.1, 0.15) is 11.6 Å². The molecule has 1 amide bonds. The van der Waals surface area contributed by atoms with E-state index in [1.807, 2.05) is 26.8 Å². The summed E-state index contributed by atoms with van der Waals surface area (Å²) in [5.41, 5.74) is 0.891. The maximum atomic E-state index is 13.3. The zero-order valence-corrected chi connectivity index (χ0v) is 16.8. The van der Waals surface area contributed by atoms with Gasteiger partial charge in [0.15, 0.2) is 0 Å². The van der Waals surface area contributed by atoms with Gasteiger partial charge in [-0.05, 0) is 19.8 Å². The highest BCUT2D eigenvalue weighted by atomic mass is 19.4. The molecule has 1 aliphatic heterocycles. The largest absolute Gasteiger partial charge is 0.392 e. The van der Waals surface area contributed by atoms with Crippen molar-refractivity contribution in [2.75, 3.05) is 31.1 Å². The number of carbonyl (C=O) groups is 1. The molecule has 0 radical (unpaired) electrons. The fourth-order valence-corrected chi connectivity index (χ4v) is 4.20. The van der Waals surface area contributed by atoms with Crippen LogP contribution in [0.3, 0.4) is 0 Å². The van der Waals surface area contributed by atoms with Crippen LogP contribution in [0.15, 0.2) is 6.07 Å². The fraction of sp³-hybridized carbons (Fsp3) is 0.750. The summed E-state index contributed by atoms with van der Waals surface area (Å²) >= 11 is 0. The average molecular weight is 398 g/mol. The Bertz CT molecular complexity index is 699. The second-order valence-corrected chi connectivity index (χ2v) is 8.23. The van der Waals surface area contributed by atoms with E-state index in [-0.39, 0.29) is 18.2 Å². The van der Waals surface area contributed by atoms with E-state index >= 15 is 0 Å². The van der Waals surface area contributed by atoms with E-state index in [0.717, 1.165) is 17.3 Å². The Morgan fingerprint density at radius 1 is 1.11 bits per heavy atom. The predicted molar refractivity (Wildman–Crippen MR) is 101 cm³/mol. The van der Waals surface area contributed by atoms with E-state index in [1.54, 1.807) is 4.90 Å². The SMILES string of the molecule is Cc1cc(N2CCN(C(=O)C3CCCCC3C(F)(F)F)CC2)nc(C(C)C)n1. The molecule has 1 aromatic rings. The smallest absolute Gasteiger partial charge is 0.353 e. The van der Waals surface area contributed by atoms with Crippen LogP contribution in [0.2, 0.25) is 0 Å². The van der Waals surface area contributed by atoms with Crippen molar-refractivity contribution in [1.29, 1.82) is 0 Å². The Morgan fingerprint density at radius 2 is 1.75 bits per heavy atom. The Labute approximate surface area is 164 Å². The minimum atomic E-state index is -4.30. The molecule has 28 heavy (non-hydrogen) atoms. The first-order valence-electron chi connectivity index (χ1n) is 10.1. The lowest BCUT2D eigenvalue weighted by molar-refractivity contribution is -0.201. The van der Waals surface area contributed by atoms with Crippen LogP contribution in [0, 0.1) is 18.8 Å². The van der Waals surface area contributed by atoms with Gasteiger partial charge in [-0.3, -0.25) is 4.79 Å². The topological polar surface area (TPSA) is 49.3 Å². The highest BCUT2D eigenvalue weighted by molar-refractivity contribution is 5.79. The quantitative estimate of drug-likeness (QED) is 0.774. The molecule has 5 nitrogen and oxygen atoms in total. The average Bonchev–Trinajstić information content (AvgIpc) is 2.66. The standard InChI is InChI=1S/C20H29F3N4O/c1-13(2)18-24-14(3)12-17(25-18)26-8-10-27(11-9-26)19(28)15-6-4-5-7-16(15)20(21,22)23/h12-13,15-16H,4-11H2,1-3H3. The van der Waals surface area contributed by atoms with Crippen LogP contribution in [0.4, 0.5) is 19.0 Å². The molecule has 0 N–H and O–H groups in total. The third-order valence-electron chi connectivity index (χ3n) is 5.79. The van der Waals surface area contributed by atoms with Gasteiger partial charge in [0.25, 0.3) is 0 Å². The lowest BCUT2D eigenvalue weighted by atomic mass is 9.78. The number of rotatable bonds is 3. The number of carbonyl (C=O) groups excluding carboxylic acids is 1. The van der Waals surface area contributed by atoms with Crippen LogP contribution in [-0.2, 0) is 4.79 Å². The minimum absolute atomic E-state index is 0.0675. The van der Waals surface area contributed by atoms with Crippen molar-refractivity contribution in [3.63, 3.8) is 0 Å². The van der Waals surface area contributed by atoms with Gasteiger partial charge in [0.2, 0.25) is 5.91 Å². The van der Waals surface area contributed by atoms with Crippen LogP contribution < -0.4 is 4.90 Å². The molecular weight excluding hydrogens is 369 g/mol. The first-order valence-corrected chi connectivity index (χ1v) is 10.1. The zero-order chi connectivity index (χ0) is 20.5. The number of aryl methyl sites for hydroxylation is 1. The van der Waals surface area contributed by atoms with Gasteiger partial charge >= 0.3 is 6.18 Å². The minimum Gasteiger partial charge on any atom is -0.353 e. The molecule has 0 bridgehead atoms. The van der Waals surface area contributed by atoms with E-state index in [9.17, 15) is 18.0 Å². The summed E-state index contributed by atoms with van der Waals surface area (Å²) in [4.78, 5) is 25.6. The number of piperazine rings is 1. The number of nitrogens with zero attached hydrogens (tertiary/aromatic N) is 4. The second-order valence-electron chi connectivity index (χ2n) is 8.23. The molecule has 2 atom stereocenters. The molecule has 1 aromatic heterocycles. The molecule has 1 aliphatic carbocycles. The lowest BCUT2D eigenvalue weighted by Crippen LogP contribution is -2.53. The molecule has 8 heteroatoms. The van der Waals surface area contributed by atoms with Crippen LogP contribution in [0.5, 0.6) is 0 Å². The fourth-order valence-electron chi connectivity index (χ4n) is 4.20. The summed E-state index contributed by atoms with van der Waals surface area (Å²) in [5, 5.41) is 0. The van der Waals surface area contributed by atoms with E-state index in [4.69, 9.17) is 0 Å². The number of halogens is 3. The van der Waals surface area contributed by atoms with E-state index < -0.39 is 18.0 Å². The van der Waals surface area contributed by atoms with Gasteiger partial charge in [-0.15, -0.1) is 0 Å². The summed E-state index contributed by atoms with van der Waals surface area (Å²) in [6.45, 7) is 8.01. The monoisotopic (exact) mass is 398 g/mol. The molecule has 1 saturated carbocycles. The Hall–Kier alpha value is -1.86. The molecular formula is C20H29F3N4O. The molecule has 2 unspecified atom stereocenters. The summed E-state index contributed by atoms with van der Waals surface area (Å²) < 4.78 is 40.0. The summed E-state index contributed by atoms with van der Waals surface area (Å²) in [6.07, 6.45) is -2.65. The van der Waals surface area contributed by atoms with Crippen molar-refractivity contribution in [2.24, 2.45) is 11.8 Å². The Morgan fingerprint density at radius 3 is 2.36 bits per heavy atom. The van der Waals surface area contributed by atoms with Crippen molar-refractivity contribution >= 4 is 11.7 Å². The molecule has 2 heterocycles. The van der Waals surface area contributed by atoms with Gasteiger partial charge < -0.3 is 9.80 Å². The number of anilines is 1. The van der Waals surface area contributed by atoms with Crippen LogP contribution in [0.25, 0.3) is 0 Å². The normalized spacial score (nSPS) is 24.0. The molecule has 156 valence electrons. The maximum absolute atomic E-state index is 13.3. The van der Waals surface area contributed by atoms with Crippen molar-refractivity contribution in [3.8, 4) is 0 Å².